The summed E-state index contributed by atoms with van der Waals surface area (Å²) in [5.74, 6) is -2.13. The van der Waals surface area contributed by atoms with Crippen molar-refractivity contribution in [3.05, 3.63) is 53.7 Å². The molecule has 1 fully saturated rings. The minimum Gasteiger partial charge on any atom is -0.496 e. The molecule has 1 aromatic carbocycles. The summed E-state index contributed by atoms with van der Waals surface area (Å²) in [6, 6.07) is 7.48. The van der Waals surface area contributed by atoms with E-state index >= 15 is 0 Å². The van der Waals surface area contributed by atoms with Gasteiger partial charge in [0.25, 0.3) is 11.8 Å². The second-order valence-electron chi connectivity index (χ2n) is 12.2. The van der Waals surface area contributed by atoms with E-state index in [0.29, 0.717) is 37.7 Å². The molecule has 2 aliphatic heterocycles. The SMILES string of the molecule is CCCCCNc1nc(N)nc2ccn(Cc3ccc(CN4CCN(C(=O)CCN5C(=O)C=CC5=O)C[C@@H]4CF)cc3OC)c12.O=C(O)C(F)(F)F. The molecule has 14 nitrogen and oxygen atoms in total. The van der Waals surface area contributed by atoms with Crippen LogP contribution in [0.25, 0.3) is 11.0 Å². The van der Waals surface area contributed by atoms with Gasteiger partial charge in [-0.25, -0.2) is 14.2 Å². The number of hydrogen-bond acceptors (Lipinski definition) is 10. The van der Waals surface area contributed by atoms with Crippen LogP contribution in [0.15, 0.2) is 42.6 Å². The molecule has 3 amide bonds. The van der Waals surface area contributed by atoms with Gasteiger partial charge in [-0.1, -0.05) is 31.9 Å². The van der Waals surface area contributed by atoms with E-state index in [2.05, 4.69) is 26.8 Å². The van der Waals surface area contributed by atoms with Crippen LogP contribution in [0.5, 0.6) is 5.75 Å². The van der Waals surface area contributed by atoms with Crippen molar-refractivity contribution >= 4 is 46.5 Å². The normalized spacial score (nSPS) is 16.3. The lowest BCUT2D eigenvalue weighted by atomic mass is 10.1. The molecule has 0 unspecified atom stereocenters. The summed E-state index contributed by atoms with van der Waals surface area (Å²) in [6.45, 7) is 4.59. The van der Waals surface area contributed by atoms with Crippen LogP contribution in [0.2, 0.25) is 0 Å². The average molecular weight is 735 g/mol. The number of hydrogen-bond donors (Lipinski definition) is 3. The number of aromatic nitrogens is 3. The van der Waals surface area contributed by atoms with Crippen molar-refractivity contribution in [3.63, 3.8) is 0 Å². The molecule has 18 heteroatoms. The predicted molar refractivity (Wildman–Crippen MR) is 183 cm³/mol. The number of imide groups is 1. The van der Waals surface area contributed by atoms with Gasteiger partial charge in [0.2, 0.25) is 11.9 Å². The minimum absolute atomic E-state index is 0.0173. The van der Waals surface area contributed by atoms with E-state index in [1.54, 1.807) is 12.0 Å². The number of aliphatic carboxylic acids is 1. The number of ether oxygens (including phenoxy) is 1. The van der Waals surface area contributed by atoms with Crippen molar-refractivity contribution in [1.29, 1.82) is 0 Å². The molecule has 0 aliphatic carbocycles. The smallest absolute Gasteiger partial charge is 0.490 e. The van der Waals surface area contributed by atoms with Crippen molar-refractivity contribution in [2.24, 2.45) is 0 Å². The van der Waals surface area contributed by atoms with Gasteiger partial charge in [-0.2, -0.15) is 18.2 Å². The molecular formula is C34H42F4N8O6. The molecule has 4 N–H and O–H groups in total. The number of carboxylic acid groups (broad SMARTS) is 1. The van der Waals surface area contributed by atoms with Crippen molar-refractivity contribution < 1.29 is 46.6 Å². The van der Waals surface area contributed by atoms with Gasteiger partial charge in [-0.3, -0.25) is 24.2 Å². The van der Waals surface area contributed by atoms with Crippen LogP contribution >= 0.6 is 0 Å². The maximum Gasteiger partial charge on any atom is 0.490 e. The maximum absolute atomic E-state index is 14.2. The van der Waals surface area contributed by atoms with Crippen molar-refractivity contribution in [2.45, 2.75) is 57.9 Å². The number of carbonyl (C=O) groups is 4. The highest BCUT2D eigenvalue weighted by Gasteiger charge is 2.38. The second kappa shape index (κ2) is 17.8. The van der Waals surface area contributed by atoms with Gasteiger partial charge >= 0.3 is 12.1 Å². The summed E-state index contributed by atoms with van der Waals surface area (Å²) in [6.07, 6.45) is 2.59. The Balaban J connectivity index is 0.000000785. The monoisotopic (exact) mass is 734 g/mol. The molecule has 0 saturated carbocycles. The molecule has 1 saturated heterocycles. The Kier molecular flexibility index (Phi) is 13.5. The summed E-state index contributed by atoms with van der Waals surface area (Å²) in [7, 11) is 1.63. The van der Waals surface area contributed by atoms with Gasteiger partial charge in [-0.15, -0.1) is 0 Å². The van der Waals surface area contributed by atoms with Gasteiger partial charge in [0, 0.05) is 69.6 Å². The zero-order chi connectivity index (χ0) is 38.0. The number of fused-ring (bicyclic) bond motifs is 1. The molecule has 3 aromatic rings. The lowest BCUT2D eigenvalue weighted by Gasteiger charge is -2.40. The number of amides is 3. The van der Waals surface area contributed by atoms with Gasteiger partial charge < -0.3 is 30.4 Å². The molecule has 52 heavy (non-hydrogen) atoms. The fraction of sp³-hybridized carbons (Fsp3) is 0.471. The van der Waals surface area contributed by atoms with Gasteiger partial charge in [0.15, 0.2) is 5.82 Å². The fourth-order valence-electron chi connectivity index (χ4n) is 5.89. The first-order valence-electron chi connectivity index (χ1n) is 16.7. The number of anilines is 2. The van der Waals surface area contributed by atoms with Crippen molar-refractivity contribution in [2.75, 3.05) is 57.6 Å². The van der Waals surface area contributed by atoms with Crippen LogP contribution < -0.4 is 15.8 Å². The summed E-state index contributed by atoms with van der Waals surface area (Å²) in [4.78, 5) is 58.9. The molecule has 4 heterocycles. The number of halogens is 4. The summed E-state index contributed by atoms with van der Waals surface area (Å²) >= 11 is 0. The zero-order valence-electron chi connectivity index (χ0n) is 28.9. The largest absolute Gasteiger partial charge is 0.496 e. The molecule has 282 valence electrons. The standard InChI is InChI=1S/C32H41FN8O4.C2HF3O2/c1-3-4-5-12-35-31-30-25(36-32(34)37-31)10-13-40(30)20-23-7-6-22(17-26(23)45-2)19-38-15-16-39(21-24(38)18-33)27(42)11-14-41-28(43)8-9-29(41)44;3-2(4,5)1(6)7/h6-10,13,17,24H,3-5,11-12,14-16,18-21H2,1-2H3,(H3,34,35,36,37);(H,6,7)/t24-;/m0./s1. The number of benzene rings is 1. The van der Waals surface area contributed by atoms with E-state index in [4.69, 9.17) is 20.4 Å². The average Bonchev–Trinajstić information content (AvgIpc) is 3.66. The quantitative estimate of drug-likeness (QED) is 0.125. The van der Waals surface area contributed by atoms with Crippen LogP contribution in [-0.2, 0) is 32.3 Å². The van der Waals surface area contributed by atoms with E-state index in [0.717, 1.165) is 52.9 Å². The Morgan fingerprint density at radius 2 is 1.79 bits per heavy atom. The minimum atomic E-state index is -5.08. The molecule has 5 rings (SSSR count). The maximum atomic E-state index is 14.2. The van der Waals surface area contributed by atoms with Crippen LogP contribution in [-0.4, -0.2) is 117 Å². The van der Waals surface area contributed by atoms with Crippen LogP contribution in [0.3, 0.4) is 0 Å². The Morgan fingerprint density at radius 1 is 1.08 bits per heavy atom. The molecule has 0 spiro atoms. The van der Waals surface area contributed by atoms with E-state index in [-0.39, 0.29) is 31.4 Å². The molecule has 0 bridgehead atoms. The molecule has 2 aromatic heterocycles. The highest BCUT2D eigenvalue weighted by atomic mass is 19.4. The Morgan fingerprint density at radius 3 is 2.42 bits per heavy atom. The highest BCUT2D eigenvalue weighted by Crippen LogP contribution is 2.28. The lowest BCUT2D eigenvalue weighted by molar-refractivity contribution is -0.192. The van der Waals surface area contributed by atoms with E-state index in [1.807, 2.05) is 35.4 Å². The number of nitrogens with zero attached hydrogens (tertiary/aromatic N) is 6. The number of alkyl halides is 4. The topological polar surface area (TPSA) is 176 Å². The first-order valence-corrected chi connectivity index (χ1v) is 16.7. The molecular weight excluding hydrogens is 692 g/mol. The number of piperazine rings is 1. The number of unbranched alkanes of at least 4 members (excludes halogenated alkanes) is 2. The van der Waals surface area contributed by atoms with Crippen molar-refractivity contribution in [3.8, 4) is 5.75 Å². The van der Waals surface area contributed by atoms with E-state index in [1.165, 1.54) is 12.2 Å². The van der Waals surface area contributed by atoms with Crippen LogP contribution in [0, 0.1) is 0 Å². The number of carboxylic acids is 1. The number of nitrogens with one attached hydrogen (secondary N) is 1. The highest BCUT2D eigenvalue weighted by molar-refractivity contribution is 6.13. The van der Waals surface area contributed by atoms with Crippen LogP contribution in [0.1, 0.15) is 43.7 Å². The Hall–Kier alpha value is -5.26. The van der Waals surface area contributed by atoms with Gasteiger partial charge in [0.05, 0.1) is 25.2 Å². The first kappa shape index (κ1) is 39.5. The molecule has 1 atom stereocenters. The Bertz CT molecular complexity index is 1760. The third-order valence-electron chi connectivity index (χ3n) is 8.61. The second-order valence-corrected chi connectivity index (χ2v) is 12.2. The molecule has 2 aliphatic rings. The van der Waals surface area contributed by atoms with Crippen molar-refractivity contribution in [1.82, 2.24) is 29.2 Å². The predicted octanol–water partition coefficient (Wildman–Crippen LogP) is 3.60. The third-order valence-corrected chi connectivity index (χ3v) is 8.61. The number of nitrogens with two attached hydrogens (primary N) is 1. The first-order chi connectivity index (χ1) is 24.7. The number of methoxy groups -OCH3 is 1. The van der Waals surface area contributed by atoms with Gasteiger partial charge in [-0.05, 0) is 24.1 Å². The summed E-state index contributed by atoms with van der Waals surface area (Å²) < 4.78 is 53.8. The van der Waals surface area contributed by atoms with E-state index in [9.17, 15) is 31.9 Å². The summed E-state index contributed by atoms with van der Waals surface area (Å²) in [5, 5.41) is 10.6. The number of carbonyl (C=O) groups excluding carboxylic acids is 3. The zero-order valence-corrected chi connectivity index (χ0v) is 28.9. The number of nitrogen functional groups attached to an aromatic ring is 1. The number of rotatable bonds is 14. The van der Waals surface area contributed by atoms with Gasteiger partial charge in [0.1, 0.15) is 17.9 Å². The third kappa shape index (κ3) is 10.2. The fourth-order valence-corrected chi connectivity index (χ4v) is 5.89. The lowest BCUT2D eigenvalue weighted by Crippen LogP contribution is -2.55. The summed E-state index contributed by atoms with van der Waals surface area (Å²) in [5.41, 5.74) is 9.56. The Labute approximate surface area is 297 Å². The van der Waals surface area contributed by atoms with E-state index < -0.39 is 36.7 Å². The molecule has 0 radical (unpaired) electrons. The van der Waals surface area contributed by atoms with Crippen LogP contribution in [0.4, 0.5) is 29.3 Å².